The zero-order valence-electron chi connectivity index (χ0n) is 9.91. The molecule has 0 radical (unpaired) electrons. The summed E-state index contributed by atoms with van der Waals surface area (Å²) in [4.78, 5) is 11.1. The average Bonchev–Trinajstić information content (AvgIpc) is 2.36. The summed E-state index contributed by atoms with van der Waals surface area (Å²) in [6, 6.07) is 0. The summed E-state index contributed by atoms with van der Waals surface area (Å²) >= 11 is 0. The Labute approximate surface area is 97.6 Å². The van der Waals surface area contributed by atoms with Crippen molar-refractivity contribution in [3.63, 3.8) is 0 Å². The Hall–Kier alpha value is -0.790. The highest BCUT2D eigenvalue weighted by molar-refractivity contribution is 5.70. The van der Waals surface area contributed by atoms with Crippen LogP contribution in [0.5, 0.6) is 0 Å². The lowest BCUT2D eigenvalue weighted by Crippen LogP contribution is -2.46. The van der Waals surface area contributed by atoms with Gasteiger partial charge < -0.3 is 19.3 Å². The summed E-state index contributed by atoms with van der Waals surface area (Å²) in [6.07, 6.45) is -5.15. The van der Waals surface area contributed by atoms with E-state index in [4.69, 9.17) is 0 Å². The van der Waals surface area contributed by atoms with Crippen molar-refractivity contribution in [2.75, 3.05) is 6.61 Å². The minimum atomic E-state index is -3.06. The lowest BCUT2D eigenvalue weighted by molar-refractivity contribution is -0.240. The van der Waals surface area contributed by atoms with Crippen LogP contribution in [0.2, 0.25) is 0 Å². The van der Waals surface area contributed by atoms with Crippen LogP contribution in [-0.2, 0) is 19.0 Å². The second-order valence-electron chi connectivity index (χ2n) is 4.16. The number of esters is 1. The number of aliphatic hydroxyl groups is 1. The molecule has 0 bridgehead atoms. The molecule has 100 valence electrons. The van der Waals surface area contributed by atoms with E-state index in [2.05, 4.69) is 14.2 Å². The minimum Gasteiger partial charge on any atom is -0.466 e. The summed E-state index contributed by atoms with van der Waals surface area (Å²) in [7, 11) is 0. The van der Waals surface area contributed by atoms with Gasteiger partial charge in [0.25, 0.3) is 12.2 Å². The predicted molar refractivity (Wildman–Crippen MR) is 52.2 cm³/mol. The van der Waals surface area contributed by atoms with E-state index in [1.54, 1.807) is 6.92 Å². The zero-order chi connectivity index (χ0) is 13.3. The minimum absolute atomic E-state index is 0.0900. The van der Waals surface area contributed by atoms with Gasteiger partial charge in [-0.1, -0.05) is 0 Å². The Morgan fingerprint density at radius 2 is 2.18 bits per heavy atom. The Morgan fingerprint density at radius 1 is 1.59 bits per heavy atom. The third-order valence-corrected chi connectivity index (χ3v) is 2.22. The van der Waals surface area contributed by atoms with Gasteiger partial charge in [-0.2, -0.15) is 0 Å². The van der Waals surface area contributed by atoms with Crippen molar-refractivity contribution in [2.24, 2.45) is 0 Å². The van der Waals surface area contributed by atoms with Gasteiger partial charge in [-0.15, -0.1) is 0 Å². The second kappa shape index (κ2) is 4.83. The third kappa shape index (κ3) is 3.11. The maximum Gasteiger partial charge on any atom is 0.308 e. The first kappa shape index (κ1) is 14.3. The van der Waals surface area contributed by atoms with Crippen LogP contribution < -0.4 is 0 Å². The Kier molecular flexibility index (Phi) is 4.06. The molecule has 3 atom stereocenters. The van der Waals surface area contributed by atoms with Gasteiger partial charge in [0.15, 0.2) is 5.79 Å². The molecule has 0 aromatic rings. The summed E-state index contributed by atoms with van der Waals surface area (Å²) < 4.78 is 41.1. The zero-order valence-corrected chi connectivity index (χ0v) is 9.91. The van der Waals surface area contributed by atoms with Crippen LogP contribution in [-0.4, -0.2) is 41.8 Å². The molecule has 1 rings (SSSR count). The molecule has 0 aromatic heterocycles. The van der Waals surface area contributed by atoms with Crippen LogP contribution >= 0.6 is 0 Å². The number of rotatable bonds is 4. The molecule has 1 aliphatic heterocycles. The largest absolute Gasteiger partial charge is 0.466 e. The van der Waals surface area contributed by atoms with E-state index >= 15 is 0 Å². The van der Waals surface area contributed by atoms with Gasteiger partial charge in [-0.25, -0.2) is 8.78 Å². The van der Waals surface area contributed by atoms with E-state index in [0.29, 0.717) is 0 Å². The smallest absolute Gasteiger partial charge is 0.308 e. The number of carbonyl (C=O) groups is 1. The maximum atomic E-state index is 14.0. The highest BCUT2D eigenvalue weighted by atomic mass is 19.2. The normalized spacial score (nSPS) is 33.4. The molecule has 17 heavy (non-hydrogen) atoms. The molecule has 0 saturated carbocycles. The summed E-state index contributed by atoms with van der Waals surface area (Å²) in [5.41, 5.74) is 0. The van der Waals surface area contributed by atoms with E-state index in [-0.39, 0.29) is 6.61 Å². The lowest BCUT2D eigenvalue weighted by atomic mass is 10.1. The Morgan fingerprint density at radius 3 is 2.59 bits per heavy atom. The molecule has 1 aliphatic rings. The van der Waals surface area contributed by atoms with Crippen LogP contribution in [0.1, 0.15) is 27.2 Å². The molecule has 1 fully saturated rings. The fourth-order valence-electron chi connectivity index (χ4n) is 1.51. The van der Waals surface area contributed by atoms with Crippen molar-refractivity contribution in [1.82, 2.24) is 0 Å². The van der Waals surface area contributed by atoms with Gasteiger partial charge in [0, 0.05) is 0 Å². The summed E-state index contributed by atoms with van der Waals surface area (Å²) in [5, 5.41) is 9.49. The first-order valence-electron chi connectivity index (χ1n) is 5.26. The van der Waals surface area contributed by atoms with E-state index in [0.717, 1.165) is 0 Å². The lowest BCUT2D eigenvalue weighted by Gasteiger charge is -2.25. The number of alkyl halides is 2. The molecule has 1 N–H and O–H groups in total. The molecule has 0 aliphatic carbocycles. The standard InChI is InChI=1S/C10H16F2O5/c1-4-15-7(14)5-6(13)10(12)8(11)16-9(2,3)17-10/h6,8,13H,4-5H2,1-3H3. The second-order valence-corrected chi connectivity index (χ2v) is 4.16. The Bertz CT molecular complexity index is 296. The van der Waals surface area contributed by atoms with Gasteiger partial charge in [0.2, 0.25) is 0 Å². The fraction of sp³-hybridized carbons (Fsp3) is 0.900. The van der Waals surface area contributed by atoms with Crippen molar-refractivity contribution >= 4 is 5.97 Å². The molecule has 7 heteroatoms. The Balaban J connectivity index is 2.67. The predicted octanol–water partition coefficient (Wildman–Crippen LogP) is 1.04. The molecule has 1 saturated heterocycles. The number of halogens is 2. The SMILES string of the molecule is CCOC(=O)CC(O)C1(F)OC(C)(C)OC1F. The highest BCUT2D eigenvalue weighted by Gasteiger charge is 2.60. The average molecular weight is 254 g/mol. The molecular formula is C10H16F2O5. The van der Waals surface area contributed by atoms with Crippen molar-refractivity contribution in [1.29, 1.82) is 0 Å². The first-order chi connectivity index (χ1) is 7.71. The topological polar surface area (TPSA) is 65.0 Å². The van der Waals surface area contributed by atoms with Crippen molar-refractivity contribution in [3.8, 4) is 0 Å². The van der Waals surface area contributed by atoms with E-state index < -0.39 is 36.5 Å². The van der Waals surface area contributed by atoms with E-state index in [1.165, 1.54) is 13.8 Å². The van der Waals surface area contributed by atoms with Crippen molar-refractivity contribution < 1.29 is 32.9 Å². The number of hydrogen-bond acceptors (Lipinski definition) is 5. The molecule has 5 nitrogen and oxygen atoms in total. The number of ether oxygens (including phenoxy) is 3. The number of hydrogen-bond donors (Lipinski definition) is 1. The quantitative estimate of drug-likeness (QED) is 0.759. The molecule has 0 aromatic carbocycles. The number of aliphatic hydroxyl groups excluding tert-OH is 1. The van der Waals surface area contributed by atoms with E-state index in [1.807, 2.05) is 0 Å². The van der Waals surface area contributed by atoms with Crippen LogP contribution in [0, 0.1) is 0 Å². The van der Waals surface area contributed by atoms with Gasteiger partial charge in [-0.3, -0.25) is 4.79 Å². The van der Waals surface area contributed by atoms with E-state index in [9.17, 15) is 18.7 Å². The molecule has 1 heterocycles. The van der Waals surface area contributed by atoms with Crippen LogP contribution in [0.4, 0.5) is 8.78 Å². The molecule has 0 amide bonds. The fourth-order valence-corrected chi connectivity index (χ4v) is 1.51. The van der Waals surface area contributed by atoms with Gasteiger partial charge >= 0.3 is 5.97 Å². The highest BCUT2D eigenvalue weighted by Crippen LogP contribution is 2.41. The van der Waals surface area contributed by atoms with Crippen LogP contribution in [0.3, 0.4) is 0 Å². The molecule has 3 unspecified atom stereocenters. The monoisotopic (exact) mass is 254 g/mol. The number of carbonyl (C=O) groups excluding carboxylic acids is 1. The maximum absolute atomic E-state index is 14.0. The third-order valence-electron chi connectivity index (χ3n) is 2.22. The van der Waals surface area contributed by atoms with Gasteiger partial charge in [0.05, 0.1) is 13.0 Å². The molecule has 0 spiro atoms. The van der Waals surface area contributed by atoms with Crippen LogP contribution in [0.25, 0.3) is 0 Å². The first-order valence-corrected chi connectivity index (χ1v) is 5.26. The van der Waals surface area contributed by atoms with Gasteiger partial charge in [-0.05, 0) is 20.8 Å². The van der Waals surface area contributed by atoms with Crippen molar-refractivity contribution in [2.45, 2.75) is 51.3 Å². The molecular weight excluding hydrogens is 238 g/mol. The van der Waals surface area contributed by atoms with Crippen LogP contribution in [0.15, 0.2) is 0 Å². The summed E-state index contributed by atoms with van der Waals surface area (Å²) in [6.45, 7) is 4.26. The summed E-state index contributed by atoms with van der Waals surface area (Å²) in [5.74, 6) is -5.39. The van der Waals surface area contributed by atoms with Crippen molar-refractivity contribution in [3.05, 3.63) is 0 Å². The van der Waals surface area contributed by atoms with Gasteiger partial charge in [0.1, 0.15) is 6.10 Å².